The number of ether oxygens (including phenoxy) is 1. The molecule has 0 spiro atoms. The number of benzene rings is 1. The topological polar surface area (TPSA) is 81.2 Å². The van der Waals surface area contributed by atoms with Gasteiger partial charge in [0.15, 0.2) is 0 Å². The fourth-order valence-corrected chi connectivity index (χ4v) is 2.44. The second kappa shape index (κ2) is 8.67. The van der Waals surface area contributed by atoms with Crippen LogP contribution in [0.5, 0.6) is 0 Å². The molecular weight excluding hydrogens is 428 g/mol. The number of esters is 1. The Morgan fingerprint density at radius 1 is 1.38 bits per heavy atom. The Hall–Kier alpha value is -2.10. The molecular formula is C16H15FIN3O3. The standard InChI is InChI=1S/C16H15FIN3O3/c1-2-24-16(23)12(8-11-5-6-19-9-20-11)15(22)21-14-4-3-10(18)7-13(14)17/h3-7,9,12H,2,8H2,1H3,(H,21,22). The molecule has 126 valence electrons. The fraction of sp³-hybridized carbons (Fsp3) is 0.250. The molecule has 0 saturated heterocycles. The quantitative estimate of drug-likeness (QED) is 0.422. The Balaban J connectivity index is 2.18. The van der Waals surface area contributed by atoms with Gasteiger partial charge in [-0.05, 0) is 53.8 Å². The van der Waals surface area contributed by atoms with Gasteiger partial charge in [-0.3, -0.25) is 9.59 Å². The van der Waals surface area contributed by atoms with E-state index in [0.29, 0.717) is 9.26 Å². The molecule has 0 radical (unpaired) electrons. The summed E-state index contributed by atoms with van der Waals surface area (Å²) >= 11 is 1.96. The van der Waals surface area contributed by atoms with Crippen LogP contribution in [0.1, 0.15) is 12.6 Å². The van der Waals surface area contributed by atoms with Crippen LogP contribution in [-0.2, 0) is 20.7 Å². The van der Waals surface area contributed by atoms with Crippen molar-refractivity contribution in [3.05, 3.63) is 51.9 Å². The van der Waals surface area contributed by atoms with Crippen LogP contribution >= 0.6 is 22.6 Å². The van der Waals surface area contributed by atoms with Gasteiger partial charge in [-0.2, -0.15) is 0 Å². The first-order valence-corrected chi connectivity index (χ1v) is 8.26. The molecule has 1 aromatic carbocycles. The second-order valence-corrected chi connectivity index (χ2v) is 6.07. The van der Waals surface area contributed by atoms with Crippen LogP contribution in [0.4, 0.5) is 10.1 Å². The van der Waals surface area contributed by atoms with E-state index in [4.69, 9.17) is 4.74 Å². The lowest BCUT2D eigenvalue weighted by atomic mass is 10.0. The van der Waals surface area contributed by atoms with Crippen molar-refractivity contribution in [2.45, 2.75) is 13.3 Å². The van der Waals surface area contributed by atoms with E-state index in [1.165, 1.54) is 24.7 Å². The smallest absolute Gasteiger partial charge is 0.318 e. The number of hydrogen-bond donors (Lipinski definition) is 1. The first-order valence-electron chi connectivity index (χ1n) is 7.18. The zero-order valence-corrected chi connectivity index (χ0v) is 15.0. The lowest BCUT2D eigenvalue weighted by Gasteiger charge is -2.15. The lowest BCUT2D eigenvalue weighted by Crippen LogP contribution is -2.33. The zero-order chi connectivity index (χ0) is 17.5. The van der Waals surface area contributed by atoms with E-state index in [-0.39, 0.29) is 18.7 Å². The van der Waals surface area contributed by atoms with Gasteiger partial charge in [-0.15, -0.1) is 0 Å². The summed E-state index contributed by atoms with van der Waals surface area (Å²) in [6.07, 6.45) is 2.88. The van der Waals surface area contributed by atoms with Gasteiger partial charge in [0.05, 0.1) is 12.3 Å². The molecule has 2 aromatic rings. The third-order valence-corrected chi connectivity index (χ3v) is 3.80. The van der Waals surface area contributed by atoms with Crippen molar-refractivity contribution in [1.29, 1.82) is 0 Å². The molecule has 0 aliphatic carbocycles. The molecule has 6 nitrogen and oxygen atoms in total. The minimum atomic E-state index is -1.13. The molecule has 1 unspecified atom stereocenters. The van der Waals surface area contributed by atoms with Crippen molar-refractivity contribution in [1.82, 2.24) is 9.97 Å². The van der Waals surface area contributed by atoms with Crippen LogP contribution in [0.15, 0.2) is 36.8 Å². The Labute approximate surface area is 152 Å². The van der Waals surface area contributed by atoms with Crippen molar-refractivity contribution >= 4 is 40.2 Å². The molecule has 2 rings (SSSR count). The summed E-state index contributed by atoms with van der Waals surface area (Å²) in [4.78, 5) is 32.3. The normalized spacial score (nSPS) is 11.6. The van der Waals surface area contributed by atoms with Gasteiger partial charge >= 0.3 is 5.97 Å². The van der Waals surface area contributed by atoms with E-state index < -0.39 is 23.6 Å². The van der Waals surface area contributed by atoms with E-state index in [1.807, 2.05) is 22.6 Å². The third kappa shape index (κ3) is 4.95. The molecule has 24 heavy (non-hydrogen) atoms. The molecule has 0 aliphatic rings. The highest BCUT2D eigenvalue weighted by atomic mass is 127. The molecule has 8 heteroatoms. The number of hydrogen-bond acceptors (Lipinski definition) is 5. The second-order valence-electron chi connectivity index (χ2n) is 4.82. The summed E-state index contributed by atoms with van der Waals surface area (Å²) in [5, 5.41) is 2.44. The first kappa shape index (κ1) is 18.2. The van der Waals surface area contributed by atoms with Crippen molar-refractivity contribution in [3.8, 4) is 0 Å². The predicted octanol–water partition coefficient (Wildman–Crippen LogP) is 2.58. The molecule has 1 N–H and O–H groups in total. The minimum Gasteiger partial charge on any atom is -0.465 e. The van der Waals surface area contributed by atoms with Crippen LogP contribution in [-0.4, -0.2) is 28.5 Å². The molecule has 1 aromatic heterocycles. The summed E-state index contributed by atoms with van der Waals surface area (Å²) < 4.78 is 19.5. The van der Waals surface area contributed by atoms with Gasteiger partial charge in [0.25, 0.3) is 0 Å². The molecule has 0 bridgehead atoms. The number of halogens is 2. The van der Waals surface area contributed by atoms with Crippen molar-refractivity contribution < 1.29 is 18.7 Å². The number of nitrogens with zero attached hydrogens (tertiary/aromatic N) is 2. The Kier molecular flexibility index (Phi) is 6.59. The number of aromatic nitrogens is 2. The van der Waals surface area contributed by atoms with Crippen LogP contribution < -0.4 is 5.32 Å². The summed E-state index contributed by atoms with van der Waals surface area (Å²) in [6, 6.07) is 6.00. The van der Waals surface area contributed by atoms with E-state index in [2.05, 4.69) is 15.3 Å². The van der Waals surface area contributed by atoms with Gasteiger partial charge in [0, 0.05) is 21.9 Å². The molecule has 1 atom stereocenters. The average molecular weight is 443 g/mol. The number of amides is 1. The van der Waals surface area contributed by atoms with Crippen molar-refractivity contribution in [2.24, 2.45) is 5.92 Å². The average Bonchev–Trinajstić information content (AvgIpc) is 2.56. The maximum Gasteiger partial charge on any atom is 0.318 e. The predicted molar refractivity (Wildman–Crippen MR) is 93.6 cm³/mol. The summed E-state index contributed by atoms with van der Waals surface area (Å²) in [5.74, 6) is -3.02. The van der Waals surface area contributed by atoms with Gasteiger partial charge in [-0.25, -0.2) is 14.4 Å². The van der Waals surface area contributed by atoms with Gasteiger partial charge in [-0.1, -0.05) is 0 Å². The first-order chi connectivity index (χ1) is 11.5. The highest BCUT2D eigenvalue weighted by Crippen LogP contribution is 2.19. The molecule has 0 saturated carbocycles. The SMILES string of the molecule is CCOC(=O)C(Cc1ccncn1)C(=O)Nc1ccc(I)cc1F. The Morgan fingerprint density at radius 3 is 2.79 bits per heavy atom. The van der Waals surface area contributed by atoms with E-state index in [9.17, 15) is 14.0 Å². The summed E-state index contributed by atoms with van der Waals surface area (Å²) in [5.41, 5.74) is 0.527. The highest BCUT2D eigenvalue weighted by molar-refractivity contribution is 14.1. The minimum absolute atomic E-state index is 0.0115. The monoisotopic (exact) mass is 443 g/mol. The number of carbonyl (C=O) groups is 2. The van der Waals surface area contributed by atoms with Crippen molar-refractivity contribution in [2.75, 3.05) is 11.9 Å². The molecule has 0 aliphatic heterocycles. The Morgan fingerprint density at radius 2 is 2.17 bits per heavy atom. The number of rotatable bonds is 6. The molecule has 1 heterocycles. The molecule has 0 fully saturated rings. The van der Waals surface area contributed by atoms with E-state index >= 15 is 0 Å². The largest absolute Gasteiger partial charge is 0.465 e. The van der Waals surface area contributed by atoms with Crippen LogP contribution in [0.2, 0.25) is 0 Å². The highest BCUT2D eigenvalue weighted by Gasteiger charge is 2.29. The Bertz CT molecular complexity index is 728. The van der Waals surface area contributed by atoms with Gasteiger partial charge in [0.2, 0.25) is 5.91 Å². The van der Waals surface area contributed by atoms with Crippen molar-refractivity contribution in [3.63, 3.8) is 0 Å². The maximum atomic E-state index is 13.9. The van der Waals surface area contributed by atoms with Gasteiger partial charge < -0.3 is 10.1 Å². The molecule has 1 amide bonds. The summed E-state index contributed by atoms with van der Waals surface area (Å²) in [7, 11) is 0. The number of anilines is 1. The van der Waals surface area contributed by atoms with E-state index in [1.54, 1.807) is 19.1 Å². The van der Waals surface area contributed by atoms with E-state index in [0.717, 1.165) is 0 Å². The van der Waals surface area contributed by atoms with Crippen LogP contribution in [0.25, 0.3) is 0 Å². The van der Waals surface area contributed by atoms with Gasteiger partial charge in [0.1, 0.15) is 18.1 Å². The third-order valence-electron chi connectivity index (χ3n) is 3.13. The number of carbonyl (C=O) groups excluding carboxylic acids is 2. The number of nitrogens with one attached hydrogen (secondary N) is 1. The maximum absolute atomic E-state index is 13.9. The van der Waals surface area contributed by atoms with Crippen LogP contribution in [0.3, 0.4) is 0 Å². The van der Waals surface area contributed by atoms with Crippen LogP contribution in [0, 0.1) is 15.3 Å². The summed E-state index contributed by atoms with van der Waals surface area (Å²) in [6.45, 7) is 1.79. The fourth-order valence-electron chi connectivity index (χ4n) is 1.98. The zero-order valence-electron chi connectivity index (χ0n) is 12.8. The lowest BCUT2D eigenvalue weighted by molar-refractivity contribution is -0.150.